The molecule has 0 saturated carbocycles. The molecule has 4 aliphatic rings. The second-order valence-electron chi connectivity index (χ2n) is 12.1. The van der Waals surface area contributed by atoms with E-state index in [1.54, 1.807) is 0 Å². The van der Waals surface area contributed by atoms with Crippen molar-refractivity contribution in [2.75, 3.05) is 72.2 Å². The molecule has 15 heteroatoms. The van der Waals surface area contributed by atoms with Gasteiger partial charge in [0.15, 0.2) is 0 Å². The first kappa shape index (κ1) is 38.9. The minimum atomic E-state index is -1.26. The van der Waals surface area contributed by atoms with Crippen LogP contribution in [0.3, 0.4) is 0 Å². The van der Waals surface area contributed by atoms with Crippen LogP contribution in [-0.2, 0) is 56.8 Å². The number of piperazine rings is 1. The van der Waals surface area contributed by atoms with Crippen molar-refractivity contribution in [2.24, 2.45) is 0 Å². The summed E-state index contributed by atoms with van der Waals surface area (Å²) in [5, 5.41) is 31.2. The molecule has 6 rings (SSSR count). The van der Waals surface area contributed by atoms with E-state index in [0.717, 1.165) is 56.7 Å². The minimum absolute atomic E-state index is 0.00995. The van der Waals surface area contributed by atoms with Crippen LogP contribution in [0.2, 0.25) is 0 Å². The van der Waals surface area contributed by atoms with Gasteiger partial charge in [-0.1, -0.05) is 48.5 Å². The molecule has 3 saturated heterocycles. The van der Waals surface area contributed by atoms with Crippen LogP contribution in [0.1, 0.15) is 22.3 Å². The number of ether oxygens (including phenoxy) is 3. The maximum absolute atomic E-state index is 12.6. The van der Waals surface area contributed by atoms with E-state index >= 15 is 0 Å². The van der Waals surface area contributed by atoms with Crippen LogP contribution in [0.4, 0.5) is 0 Å². The first-order valence-electron chi connectivity index (χ1n) is 16.5. The van der Waals surface area contributed by atoms with E-state index in [0.29, 0.717) is 63.8 Å². The molecule has 15 nitrogen and oxygen atoms in total. The van der Waals surface area contributed by atoms with Crippen LogP contribution in [0.5, 0.6) is 0 Å². The summed E-state index contributed by atoms with van der Waals surface area (Å²) in [6.07, 6.45) is 4.24. The van der Waals surface area contributed by atoms with Gasteiger partial charge in [0.25, 0.3) is 0 Å². The van der Waals surface area contributed by atoms with Crippen molar-refractivity contribution in [3.8, 4) is 0 Å². The quantitative estimate of drug-likeness (QED) is 0.286. The highest BCUT2D eigenvalue weighted by atomic mass is 16.7. The summed E-state index contributed by atoms with van der Waals surface area (Å²) in [7, 11) is 0. The van der Waals surface area contributed by atoms with Crippen molar-refractivity contribution in [3.05, 3.63) is 95.1 Å². The lowest BCUT2D eigenvalue weighted by atomic mass is 9.93. The summed E-state index contributed by atoms with van der Waals surface area (Å²) in [4.78, 5) is 57.5. The molecule has 0 aromatic heterocycles. The predicted octanol–water partition coefficient (Wildman–Crippen LogP) is 1.30. The zero-order valence-electron chi connectivity index (χ0n) is 28.1. The fraction of sp³-hybridized carbons (Fsp3) is 0.417. The number of carbonyl (C=O) groups is 5. The number of carbonyl (C=O) groups excluding carboxylic acids is 1. The monoisotopic (exact) mass is 709 g/mol. The Morgan fingerprint density at radius 1 is 0.667 bits per heavy atom. The fourth-order valence-corrected chi connectivity index (χ4v) is 6.23. The summed E-state index contributed by atoms with van der Waals surface area (Å²) in [6.45, 7) is 8.35. The molecule has 4 N–H and O–H groups in total. The summed E-state index contributed by atoms with van der Waals surface area (Å²) >= 11 is 0. The Bertz CT molecular complexity index is 1480. The van der Waals surface area contributed by atoms with Crippen LogP contribution in [0.25, 0.3) is 0 Å². The van der Waals surface area contributed by atoms with Crippen LogP contribution < -0.4 is 0 Å². The van der Waals surface area contributed by atoms with E-state index in [1.807, 2.05) is 4.90 Å². The first-order chi connectivity index (χ1) is 24.5. The molecular weight excluding hydrogens is 666 g/mol. The van der Waals surface area contributed by atoms with Crippen molar-refractivity contribution in [3.63, 3.8) is 0 Å². The van der Waals surface area contributed by atoms with E-state index < -0.39 is 29.7 Å². The smallest absolute Gasteiger partial charge is 0.328 e. The van der Waals surface area contributed by atoms with Crippen LogP contribution in [0, 0.1) is 0 Å². The Hall–Kier alpha value is -4.93. The maximum atomic E-state index is 12.6. The van der Waals surface area contributed by atoms with Gasteiger partial charge in [0.2, 0.25) is 11.7 Å². The van der Waals surface area contributed by atoms with Crippen LogP contribution >= 0.6 is 0 Å². The van der Waals surface area contributed by atoms with Gasteiger partial charge in [-0.15, -0.1) is 0 Å². The van der Waals surface area contributed by atoms with E-state index in [4.69, 9.17) is 34.6 Å². The summed E-state index contributed by atoms with van der Waals surface area (Å²) < 4.78 is 18.8. The third-order valence-electron chi connectivity index (χ3n) is 8.60. The van der Waals surface area contributed by atoms with Gasteiger partial charge in [0.1, 0.15) is 0 Å². The summed E-state index contributed by atoms with van der Waals surface area (Å²) in [5.74, 6) is -5.62. The van der Waals surface area contributed by atoms with Gasteiger partial charge in [-0.05, 0) is 24.0 Å². The highest BCUT2D eigenvalue weighted by Gasteiger charge is 2.48. The second kappa shape index (κ2) is 18.9. The lowest BCUT2D eigenvalue weighted by Gasteiger charge is -2.37. The SMILES string of the molecule is O=C(CN1CCN(CC2COC3(O2)c2ccccc2CCc2ccccc23)CC1)N1CCOCC1.O=C(O)/C=C/C(=O)O.O=C(O)/C=C/C(=O)O. The molecule has 3 heterocycles. The van der Waals surface area contributed by atoms with Gasteiger partial charge >= 0.3 is 23.9 Å². The van der Waals surface area contributed by atoms with Gasteiger partial charge < -0.3 is 39.5 Å². The highest BCUT2D eigenvalue weighted by molar-refractivity contribution is 5.90. The standard InChI is InChI=1S/C28H35N3O4.2C4H4O4/c32-27(31-15-17-33-18-16-31)20-30-13-11-29(12-14-30)19-24-21-34-28(35-24)25-7-3-1-5-22(25)9-10-23-6-2-4-8-26(23)28;2*5-3(6)1-2-4(7)8/h1-8,24H,9-21H2;2*1-2H,(H,5,6)(H,7,8)/b;2*2-1+. The number of carboxylic acid groups (broad SMARTS) is 4. The summed E-state index contributed by atoms with van der Waals surface area (Å²) in [6, 6.07) is 17.2. The molecule has 274 valence electrons. The van der Waals surface area contributed by atoms with Gasteiger partial charge in [0.05, 0.1) is 32.5 Å². The average molecular weight is 710 g/mol. The van der Waals surface area contributed by atoms with Crippen molar-refractivity contribution in [1.29, 1.82) is 0 Å². The zero-order chi connectivity index (χ0) is 36.8. The number of carboxylic acids is 4. The molecule has 1 aliphatic carbocycles. The fourth-order valence-electron chi connectivity index (χ4n) is 6.23. The number of aliphatic carboxylic acids is 4. The highest BCUT2D eigenvalue weighted by Crippen LogP contribution is 2.45. The Labute approximate surface area is 294 Å². The number of benzene rings is 2. The molecule has 2 aromatic rings. The van der Waals surface area contributed by atoms with Gasteiger partial charge in [0, 0.05) is 81.2 Å². The number of rotatable bonds is 8. The molecule has 1 spiro atoms. The predicted molar refractivity (Wildman–Crippen MR) is 181 cm³/mol. The molecule has 3 aliphatic heterocycles. The lowest BCUT2D eigenvalue weighted by molar-refractivity contribution is -0.146. The Morgan fingerprint density at radius 2 is 1.12 bits per heavy atom. The number of hydrogen-bond acceptors (Lipinski definition) is 10. The van der Waals surface area contributed by atoms with Crippen LogP contribution in [0.15, 0.2) is 72.8 Å². The molecular formula is C36H43N3O12. The number of amides is 1. The van der Waals surface area contributed by atoms with Gasteiger partial charge in [-0.25, -0.2) is 19.2 Å². The molecule has 2 aromatic carbocycles. The Balaban J connectivity index is 0.000000305. The first-order valence-corrected chi connectivity index (χ1v) is 16.5. The van der Waals surface area contributed by atoms with E-state index in [2.05, 4.69) is 58.3 Å². The normalized spacial score (nSPS) is 19.9. The lowest BCUT2D eigenvalue weighted by Crippen LogP contribution is -2.52. The number of hydrogen-bond donors (Lipinski definition) is 4. The molecule has 1 atom stereocenters. The zero-order valence-corrected chi connectivity index (χ0v) is 28.1. The number of morpholine rings is 1. The van der Waals surface area contributed by atoms with E-state index in [-0.39, 0.29) is 12.0 Å². The van der Waals surface area contributed by atoms with Crippen LogP contribution in [-0.4, -0.2) is 143 Å². The summed E-state index contributed by atoms with van der Waals surface area (Å²) in [5.41, 5.74) is 4.92. The Morgan fingerprint density at radius 3 is 1.59 bits per heavy atom. The minimum Gasteiger partial charge on any atom is -0.478 e. The number of fused-ring (bicyclic) bond motifs is 4. The maximum Gasteiger partial charge on any atom is 0.328 e. The molecule has 0 radical (unpaired) electrons. The molecule has 1 amide bonds. The van der Waals surface area contributed by atoms with Crippen molar-refractivity contribution in [2.45, 2.75) is 24.7 Å². The Kier molecular flexibility index (Phi) is 14.4. The van der Waals surface area contributed by atoms with Crippen molar-refractivity contribution < 1.29 is 58.6 Å². The largest absolute Gasteiger partial charge is 0.478 e. The molecule has 51 heavy (non-hydrogen) atoms. The van der Waals surface area contributed by atoms with Gasteiger partial charge in [-0.2, -0.15) is 0 Å². The second-order valence-corrected chi connectivity index (χ2v) is 12.1. The van der Waals surface area contributed by atoms with E-state index in [1.165, 1.54) is 11.1 Å². The number of aryl methyl sites for hydroxylation is 2. The van der Waals surface area contributed by atoms with Gasteiger partial charge in [-0.3, -0.25) is 14.6 Å². The van der Waals surface area contributed by atoms with Crippen molar-refractivity contribution >= 4 is 29.8 Å². The van der Waals surface area contributed by atoms with E-state index in [9.17, 15) is 24.0 Å². The molecule has 1 unspecified atom stereocenters. The number of nitrogens with zero attached hydrogens (tertiary/aromatic N) is 3. The third-order valence-corrected chi connectivity index (χ3v) is 8.60. The molecule has 3 fully saturated rings. The third kappa shape index (κ3) is 11.6. The van der Waals surface area contributed by atoms with Crippen molar-refractivity contribution in [1.82, 2.24) is 14.7 Å². The average Bonchev–Trinajstić information content (AvgIpc) is 3.49. The molecule has 0 bridgehead atoms. The topological polar surface area (TPSA) is 204 Å².